The number of rotatable bonds is 4. The van der Waals surface area contributed by atoms with Gasteiger partial charge in [0.15, 0.2) is 0 Å². The van der Waals surface area contributed by atoms with Crippen molar-refractivity contribution in [1.29, 1.82) is 0 Å². The molecule has 0 aliphatic carbocycles. The van der Waals surface area contributed by atoms with Gasteiger partial charge in [0, 0.05) is 26.7 Å². The van der Waals surface area contributed by atoms with Gasteiger partial charge in [-0.25, -0.2) is 0 Å². The molecule has 0 nitrogen and oxygen atoms in total. The number of hydrogen-bond acceptors (Lipinski definition) is 2. The summed E-state index contributed by atoms with van der Waals surface area (Å²) in [4.78, 5) is 1.40. The average molecular weight is 272 g/mol. The molecule has 1 aromatic rings. The van der Waals surface area contributed by atoms with Crippen LogP contribution in [0.15, 0.2) is 15.9 Å². The molecule has 0 aliphatic heterocycles. The molecule has 1 rings (SSSR count). The standard InChI is InChI=1S/C7H8BrClS2/c8-6-1-3-11-7(6)5-10-4-2-9/h1,3H,2,4-5H2. The van der Waals surface area contributed by atoms with Crippen LogP contribution in [-0.2, 0) is 5.75 Å². The molecule has 0 atom stereocenters. The van der Waals surface area contributed by atoms with Gasteiger partial charge in [-0.3, -0.25) is 0 Å². The van der Waals surface area contributed by atoms with Gasteiger partial charge in [0.1, 0.15) is 0 Å². The van der Waals surface area contributed by atoms with Gasteiger partial charge < -0.3 is 0 Å². The van der Waals surface area contributed by atoms with Gasteiger partial charge in [0.25, 0.3) is 0 Å². The highest BCUT2D eigenvalue weighted by Crippen LogP contribution is 2.26. The third-order valence-corrected chi connectivity index (χ3v) is 4.65. The van der Waals surface area contributed by atoms with Gasteiger partial charge in [0.2, 0.25) is 0 Å². The van der Waals surface area contributed by atoms with Gasteiger partial charge in [-0.05, 0) is 27.4 Å². The topological polar surface area (TPSA) is 0 Å². The van der Waals surface area contributed by atoms with Gasteiger partial charge in [-0.1, -0.05) is 0 Å². The Morgan fingerprint density at radius 1 is 1.64 bits per heavy atom. The summed E-state index contributed by atoms with van der Waals surface area (Å²) >= 11 is 12.7. The van der Waals surface area contributed by atoms with Crippen LogP contribution in [0.25, 0.3) is 0 Å². The van der Waals surface area contributed by atoms with Crippen molar-refractivity contribution in [3.05, 3.63) is 20.8 Å². The first-order valence-electron chi connectivity index (χ1n) is 3.20. The van der Waals surface area contributed by atoms with Crippen molar-refractivity contribution in [2.24, 2.45) is 0 Å². The van der Waals surface area contributed by atoms with E-state index in [0.717, 1.165) is 17.4 Å². The Bertz CT molecular complexity index is 212. The smallest absolute Gasteiger partial charge is 0.0322 e. The van der Waals surface area contributed by atoms with E-state index >= 15 is 0 Å². The maximum absolute atomic E-state index is 5.55. The first-order chi connectivity index (χ1) is 5.34. The maximum Gasteiger partial charge on any atom is 0.0322 e. The summed E-state index contributed by atoms with van der Waals surface area (Å²) in [7, 11) is 0. The normalized spacial score (nSPS) is 10.4. The Hall–Kier alpha value is 0.820. The van der Waals surface area contributed by atoms with E-state index in [1.807, 2.05) is 11.8 Å². The van der Waals surface area contributed by atoms with Crippen molar-refractivity contribution in [3.8, 4) is 0 Å². The summed E-state index contributed by atoms with van der Waals surface area (Å²) in [6.45, 7) is 0. The molecule has 0 amide bonds. The number of thioether (sulfide) groups is 1. The van der Waals surface area contributed by atoms with Crippen molar-refractivity contribution in [2.75, 3.05) is 11.6 Å². The van der Waals surface area contributed by atoms with Gasteiger partial charge in [-0.15, -0.1) is 22.9 Å². The lowest BCUT2D eigenvalue weighted by Gasteiger charge is -1.95. The molecule has 11 heavy (non-hydrogen) atoms. The fourth-order valence-corrected chi connectivity index (χ4v) is 3.55. The third-order valence-electron chi connectivity index (χ3n) is 1.15. The predicted molar refractivity (Wildman–Crippen MR) is 58.9 cm³/mol. The van der Waals surface area contributed by atoms with Crippen LogP contribution in [0.3, 0.4) is 0 Å². The van der Waals surface area contributed by atoms with Crippen LogP contribution in [0.1, 0.15) is 4.88 Å². The lowest BCUT2D eigenvalue weighted by Crippen LogP contribution is -1.80. The van der Waals surface area contributed by atoms with Crippen LogP contribution in [-0.4, -0.2) is 11.6 Å². The maximum atomic E-state index is 5.55. The Morgan fingerprint density at radius 3 is 3.00 bits per heavy atom. The number of hydrogen-bond donors (Lipinski definition) is 0. The highest BCUT2D eigenvalue weighted by molar-refractivity contribution is 9.10. The predicted octanol–water partition coefficient (Wildman–Crippen LogP) is 3.98. The van der Waals surface area contributed by atoms with E-state index in [2.05, 4.69) is 27.4 Å². The average Bonchev–Trinajstić information content (AvgIpc) is 2.37. The lowest BCUT2D eigenvalue weighted by molar-refractivity contribution is 1.46. The molecule has 1 heterocycles. The van der Waals surface area contributed by atoms with Gasteiger partial charge in [0.05, 0.1) is 0 Å². The summed E-state index contributed by atoms with van der Waals surface area (Å²) in [6.07, 6.45) is 0. The zero-order valence-corrected chi connectivity index (χ0v) is 9.82. The molecular weight excluding hydrogens is 264 g/mol. The number of thiophene rings is 1. The van der Waals surface area contributed by atoms with Gasteiger partial charge >= 0.3 is 0 Å². The molecule has 0 aliphatic rings. The monoisotopic (exact) mass is 270 g/mol. The number of halogens is 2. The molecule has 0 bridgehead atoms. The highest BCUT2D eigenvalue weighted by atomic mass is 79.9. The molecular formula is C7H8BrClS2. The summed E-state index contributed by atoms with van der Waals surface area (Å²) in [5.41, 5.74) is 0. The van der Waals surface area contributed by atoms with Crippen molar-refractivity contribution >= 4 is 50.6 Å². The summed E-state index contributed by atoms with van der Waals surface area (Å²) in [5, 5.41) is 2.10. The Morgan fingerprint density at radius 2 is 2.45 bits per heavy atom. The van der Waals surface area contributed by atoms with E-state index in [9.17, 15) is 0 Å². The van der Waals surface area contributed by atoms with Crippen LogP contribution in [0.2, 0.25) is 0 Å². The van der Waals surface area contributed by atoms with E-state index in [4.69, 9.17) is 11.6 Å². The molecule has 4 heteroatoms. The van der Waals surface area contributed by atoms with Crippen LogP contribution < -0.4 is 0 Å². The molecule has 0 fully saturated rings. The van der Waals surface area contributed by atoms with Crippen molar-refractivity contribution in [3.63, 3.8) is 0 Å². The second-order valence-corrected chi connectivity index (χ2v) is 5.27. The van der Waals surface area contributed by atoms with E-state index in [1.165, 1.54) is 9.35 Å². The molecule has 62 valence electrons. The fourth-order valence-electron chi connectivity index (χ4n) is 0.648. The Labute approximate surface area is 88.5 Å². The third kappa shape index (κ3) is 3.36. The van der Waals surface area contributed by atoms with Crippen LogP contribution >= 0.6 is 50.6 Å². The molecule has 0 radical (unpaired) electrons. The second-order valence-electron chi connectivity index (χ2n) is 1.93. The molecule has 0 saturated heterocycles. The first kappa shape index (κ1) is 9.90. The zero-order chi connectivity index (χ0) is 8.10. The molecule has 1 aromatic heterocycles. The van der Waals surface area contributed by atoms with E-state index < -0.39 is 0 Å². The lowest BCUT2D eigenvalue weighted by atomic mass is 10.5. The van der Waals surface area contributed by atoms with E-state index in [1.54, 1.807) is 11.3 Å². The van der Waals surface area contributed by atoms with E-state index in [-0.39, 0.29) is 0 Å². The summed E-state index contributed by atoms with van der Waals surface area (Å²) in [5.74, 6) is 2.85. The quantitative estimate of drug-likeness (QED) is 0.589. The van der Waals surface area contributed by atoms with Crippen LogP contribution in [0, 0.1) is 0 Å². The van der Waals surface area contributed by atoms with Crippen molar-refractivity contribution in [1.82, 2.24) is 0 Å². The van der Waals surface area contributed by atoms with Gasteiger partial charge in [-0.2, -0.15) is 11.8 Å². The minimum Gasteiger partial charge on any atom is -0.155 e. The van der Waals surface area contributed by atoms with Crippen molar-refractivity contribution in [2.45, 2.75) is 5.75 Å². The molecule has 0 saturated carbocycles. The van der Waals surface area contributed by atoms with Crippen LogP contribution in [0.5, 0.6) is 0 Å². The highest BCUT2D eigenvalue weighted by Gasteiger charge is 1.99. The molecule has 0 spiro atoms. The van der Waals surface area contributed by atoms with Crippen LogP contribution in [0.4, 0.5) is 0 Å². The number of alkyl halides is 1. The minimum atomic E-state index is 0.744. The minimum absolute atomic E-state index is 0.744. The van der Waals surface area contributed by atoms with E-state index in [0.29, 0.717) is 0 Å². The zero-order valence-electron chi connectivity index (χ0n) is 5.85. The molecule has 0 N–H and O–H groups in total. The summed E-state index contributed by atoms with van der Waals surface area (Å²) < 4.78 is 1.23. The molecule has 0 aromatic carbocycles. The SMILES string of the molecule is ClCCSCc1sccc1Br. The summed E-state index contributed by atoms with van der Waals surface area (Å²) in [6, 6.07) is 2.08. The Balaban J connectivity index is 2.32. The Kier molecular flexibility index (Phi) is 4.92. The fraction of sp³-hybridized carbons (Fsp3) is 0.429. The molecule has 0 unspecified atom stereocenters. The largest absolute Gasteiger partial charge is 0.155 e. The second kappa shape index (κ2) is 5.46. The first-order valence-corrected chi connectivity index (χ1v) is 6.56. The van der Waals surface area contributed by atoms with Crippen molar-refractivity contribution < 1.29 is 0 Å².